The zero-order valence-electron chi connectivity index (χ0n) is 21.6. The second-order valence-corrected chi connectivity index (χ2v) is 9.93. The number of nitrogens with one attached hydrogen (secondary N) is 1. The van der Waals surface area contributed by atoms with Gasteiger partial charge in [-0.1, -0.05) is 74.4 Å². The van der Waals surface area contributed by atoms with Gasteiger partial charge < -0.3 is 19.7 Å². The number of carbonyl (C=O) groups excluding carboxylic acids is 1. The maximum Gasteiger partial charge on any atom is 0.457 e. The van der Waals surface area contributed by atoms with E-state index < -0.39 is 6.10 Å². The van der Waals surface area contributed by atoms with Crippen LogP contribution < -0.4 is 5.32 Å². The fraction of sp³-hybridized carbons (Fsp3) is 0.621. The van der Waals surface area contributed by atoms with E-state index in [0.717, 1.165) is 51.3 Å². The van der Waals surface area contributed by atoms with E-state index in [-0.39, 0.29) is 31.2 Å². The number of unbranched alkanes of at least 4 members (excludes halogenated alkanes) is 2. The minimum absolute atomic E-state index is 0.108. The molecular formula is C29H44BNO4. The molecule has 1 aliphatic heterocycles. The number of carbonyl (C=O) groups is 1. The van der Waals surface area contributed by atoms with Crippen molar-refractivity contribution < 1.29 is 19.2 Å². The molecule has 0 aromatic heterocycles. The van der Waals surface area contributed by atoms with Crippen molar-refractivity contribution >= 4 is 13.0 Å². The molecule has 5 nitrogen and oxygen atoms in total. The van der Waals surface area contributed by atoms with Crippen molar-refractivity contribution in [3.05, 3.63) is 60.2 Å². The lowest BCUT2D eigenvalue weighted by Gasteiger charge is -2.27. The first-order valence-electron chi connectivity index (χ1n) is 13.7. The highest BCUT2D eigenvalue weighted by Gasteiger charge is 2.49. The van der Waals surface area contributed by atoms with Crippen LogP contribution in [0, 0.1) is 11.8 Å². The number of aliphatic hydroxyl groups excluding tert-OH is 1. The van der Waals surface area contributed by atoms with Crippen LogP contribution in [0.25, 0.3) is 0 Å². The average molecular weight is 481 g/mol. The van der Waals surface area contributed by atoms with Crippen LogP contribution in [0.15, 0.2) is 54.6 Å². The van der Waals surface area contributed by atoms with Crippen molar-refractivity contribution in [2.24, 2.45) is 11.8 Å². The Hall–Kier alpha value is -1.89. The topological polar surface area (TPSA) is 67.8 Å². The van der Waals surface area contributed by atoms with Gasteiger partial charge in [0.2, 0.25) is 5.91 Å². The zero-order valence-corrected chi connectivity index (χ0v) is 21.6. The Morgan fingerprint density at radius 3 is 2.74 bits per heavy atom. The summed E-state index contributed by atoms with van der Waals surface area (Å²) in [5, 5.41) is 13.5. The first-order chi connectivity index (χ1) is 17.1. The minimum atomic E-state index is -0.460. The fourth-order valence-electron chi connectivity index (χ4n) is 5.24. The number of aryl methyl sites for hydroxylation is 1. The van der Waals surface area contributed by atoms with Crippen molar-refractivity contribution in [2.45, 2.75) is 96.3 Å². The second-order valence-electron chi connectivity index (χ2n) is 9.93. The van der Waals surface area contributed by atoms with Gasteiger partial charge >= 0.3 is 7.12 Å². The van der Waals surface area contributed by atoms with Gasteiger partial charge in [-0.15, -0.1) is 0 Å². The van der Waals surface area contributed by atoms with Gasteiger partial charge in [0.05, 0.1) is 12.2 Å². The molecule has 1 saturated carbocycles. The molecule has 1 heterocycles. The van der Waals surface area contributed by atoms with Crippen LogP contribution in [0.5, 0.6) is 0 Å². The molecule has 1 saturated heterocycles. The third kappa shape index (κ3) is 9.25. The predicted octanol–water partition coefficient (Wildman–Crippen LogP) is 5.50. The molecule has 3 rings (SSSR count). The first kappa shape index (κ1) is 27.7. The summed E-state index contributed by atoms with van der Waals surface area (Å²) in [7, 11) is -0.108. The molecule has 2 unspecified atom stereocenters. The van der Waals surface area contributed by atoms with Crippen LogP contribution in [0.4, 0.5) is 0 Å². The van der Waals surface area contributed by atoms with Crippen LogP contribution in [0.2, 0.25) is 6.32 Å². The van der Waals surface area contributed by atoms with Crippen molar-refractivity contribution in [2.75, 3.05) is 6.54 Å². The Labute approximate surface area is 212 Å². The van der Waals surface area contributed by atoms with Gasteiger partial charge in [-0.3, -0.25) is 4.79 Å². The monoisotopic (exact) mass is 481 g/mol. The van der Waals surface area contributed by atoms with E-state index in [4.69, 9.17) is 9.31 Å². The van der Waals surface area contributed by atoms with E-state index in [1.165, 1.54) is 5.56 Å². The predicted molar refractivity (Wildman–Crippen MR) is 143 cm³/mol. The lowest BCUT2D eigenvalue weighted by atomic mass is 9.80. The van der Waals surface area contributed by atoms with E-state index in [1.54, 1.807) is 0 Å². The lowest BCUT2D eigenvalue weighted by molar-refractivity contribution is -0.121. The van der Waals surface area contributed by atoms with Crippen molar-refractivity contribution in [1.82, 2.24) is 5.32 Å². The molecule has 1 aromatic carbocycles. The highest BCUT2D eigenvalue weighted by Crippen LogP contribution is 2.44. The van der Waals surface area contributed by atoms with Gasteiger partial charge in [0.15, 0.2) is 0 Å². The molecule has 2 aliphatic rings. The molecular weight excluding hydrogens is 437 g/mol. The molecule has 1 aromatic rings. The summed E-state index contributed by atoms with van der Waals surface area (Å²) in [6.07, 6.45) is 17.5. The maximum absolute atomic E-state index is 11.6. The highest BCUT2D eigenvalue weighted by molar-refractivity contribution is 6.44. The number of hydrogen-bond donors (Lipinski definition) is 2. The Morgan fingerprint density at radius 2 is 1.97 bits per heavy atom. The van der Waals surface area contributed by atoms with Crippen molar-refractivity contribution in [1.29, 1.82) is 0 Å². The molecule has 5 atom stereocenters. The summed E-state index contributed by atoms with van der Waals surface area (Å²) in [6, 6.07) is 10.3. The Kier molecular flexibility index (Phi) is 12.1. The van der Waals surface area contributed by atoms with Gasteiger partial charge in [-0.05, 0) is 63.3 Å². The molecule has 0 radical (unpaired) electrons. The summed E-state index contributed by atoms with van der Waals surface area (Å²) in [4.78, 5) is 11.6. The van der Waals surface area contributed by atoms with Gasteiger partial charge in [0.1, 0.15) is 0 Å². The zero-order chi connectivity index (χ0) is 24.9. The molecule has 2 bridgehead atoms. The molecule has 1 amide bonds. The number of fused-ring (bicyclic) bond motifs is 2. The number of benzene rings is 1. The van der Waals surface area contributed by atoms with E-state index >= 15 is 0 Å². The number of hydrogen-bond acceptors (Lipinski definition) is 4. The summed E-state index contributed by atoms with van der Waals surface area (Å²) >= 11 is 0. The van der Waals surface area contributed by atoms with Crippen LogP contribution in [-0.4, -0.2) is 43.0 Å². The van der Waals surface area contributed by atoms with E-state index in [1.807, 2.05) is 31.2 Å². The average Bonchev–Trinajstić information content (AvgIpc) is 3.11. The maximum atomic E-state index is 11.6. The van der Waals surface area contributed by atoms with Gasteiger partial charge in [-0.2, -0.15) is 0 Å². The van der Waals surface area contributed by atoms with Gasteiger partial charge in [0, 0.05) is 25.0 Å². The minimum Gasteiger partial charge on any atom is -0.408 e. The second kappa shape index (κ2) is 15.3. The third-order valence-electron chi connectivity index (χ3n) is 7.16. The Bertz CT molecular complexity index is 799. The summed E-state index contributed by atoms with van der Waals surface area (Å²) in [5.41, 5.74) is 1.25. The van der Waals surface area contributed by atoms with E-state index in [2.05, 4.69) is 42.6 Å². The molecule has 35 heavy (non-hydrogen) atoms. The Morgan fingerprint density at radius 1 is 1.17 bits per heavy atom. The molecule has 6 heteroatoms. The summed E-state index contributed by atoms with van der Waals surface area (Å²) < 4.78 is 12.7. The van der Waals surface area contributed by atoms with Gasteiger partial charge in [-0.25, -0.2) is 0 Å². The molecule has 2 N–H and O–H groups in total. The summed E-state index contributed by atoms with van der Waals surface area (Å²) in [6.45, 7) is 4.83. The largest absolute Gasteiger partial charge is 0.457 e. The molecule has 0 spiro atoms. The molecule has 2 fully saturated rings. The van der Waals surface area contributed by atoms with Crippen molar-refractivity contribution in [3.63, 3.8) is 0 Å². The number of allylic oxidation sites excluding steroid dienone is 2. The van der Waals surface area contributed by atoms with Gasteiger partial charge in [0.25, 0.3) is 0 Å². The number of aliphatic hydroxyl groups is 1. The van der Waals surface area contributed by atoms with Crippen LogP contribution in [0.1, 0.15) is 70.8 Å². The van der Waals surface area contributed by atoms with E-state index in [0.29, 0.717) is 25.3 Å². The summed E-state index contributed by atoms with van der Waals surface area (Å²) in [5.74, 6) is 0.729. The van der Waals surface area contributed by atoms with Crippen LogP contribution in [-0.2, 0) is 20.5 Å². The van der Waals surface area contributed by atoms with Crippen LogP contribution in [0.3, 0.4) is 0 Å². The number of rotatable bonds is 15. The SMILES string of the molecule is CCCCB1OC2CC(O1)[C@H](CC=CCCCC(=O)NCC)[C@H]2C=C[C@@H](O)CCc1ccccc1. The molecule has 1 aliphatic carbocycles. The highest BCUT2D eigenvalue weighted by atomic mass is 16.6. The lowest BCUT2D eigenvalue weighted by Crippen LogP contribution is -2.37. The third-order valence-corrected chi connectivity index (χ3v) is 7.16. The Balaban J connectivity index is 1.55. The standard InChI is InChI=1S/C29H44BNO4/c1-3-5-21-30-34-27-22-28(35-30)26(20-19-24(32)18-17-23-13-9-8-10-14-23)25(27)15-11-6-7-12-16-29(33)31-4-2/h6,8-11,13-14,19-20,24-28,32H,3-5,7,12,15-18,21-22H2,1-2H3,(H,31,33)/t24-,25+,26+,27?,28?/m0/s1. The van der Waals surface area contributed by atoms with Crippen molar-refractivity contribution in [3.8, 4) is 0 Å². The molecule has 192 valence electrons. The number of amides is 1. The normalized spacial score (nSPS) is 24.9. The van der Waals surface area contributed by atoms with E-state index in [9.17, 15) is 9.90 Å². The van der Waals surface area contributed by atoms with Crippen LogP contribution >= 0.6 is 0 Å². The smallest absolute Gasteiger partial charge is 0.408 e. The quantitative estimate of drug-likeness (QED) is 0.197. The first-order valence-corrected chi connectivity index (χ1v) is 13.7. The fourth-order valence-corrected chi connectivity index (χ4v) is 5.24.